The van der Waals surface area contributed by atoms with Gasteiger partial charge in [0.1, 0.15) is 11.6 Å². The second kappa shape index (κ2) is 5.30. The first-order valence-corrected chi connectivity index (χ1v) is 8.23. The summed E-state index contributed by atoms with van der Waals surface area (Å²) in [6, 6.07) is 3.64. The van der Waals surface area contributed by atoms with Crippen LogP contribution in [-0.4, -0.2) is 9.55 Å². The van der Waals surface area contributed by atoms with E-state index in [1.807, 2.05) is 13.0 Å². The molecule has 20 heavy (non-hydrogen) atoms. The average Bonchev–Trinajstić information content (AvgIpc) is 2.66. The van der Waals surface area contributed by atoms with E-state index in [0.717, 1.165) is 11.3 Å². The molecule has 0 radical (unpaired) electrons. The van der Waals surface area contributed by atoms with Crippen molar-refractivity contribution in [1.29, 1.82) is 0 Å². The average molecular weight is 360 g/mol. The van der Waals surface area contributed by atoms with Crippen LogP contribution in [0.25, 0.3) is 11.0 Å². The Morgan fingerprint density at radius 1 is 1.40 bits per heavy atom. The van der Waals surface area contributed by atoms with Gasteiger partial charge in [0, 0.05) is 12.1 Å². The summed E-state index contributed by atoms with van der Waals surface area (Å²) in [6.45, 7) is 4.13. The third kappa shape index (κ3) is 2.27. The van der Waals surface area contributed by atoms with Crippen LogP contribution in [0.4, 0.5) is 4.39 Å². The van der Waals surface area contributed by atoms with Gasteiger partial charge in [0.2, 0.25) is 0 Å². The fourth-order valence-electron chi connectivity index (χ4n) is 2.95. The van der Waals surface area contributed by atoms with Gasteiger partial charge in [0.15, 0.2) is 0 Å². The van der Waals surface area contributed by atoms with Crippen molar-refractivity contribution in [3.05, 3.63) is 28.2 Å². The van der Waals surface area contributed by atoms with E-state index in [9.17, 15) is 4.39 Å². The van der Waals surface area contributed by atoms with Crippen molar-refractivity contribution in [2.75, 3.05) is 0 Å². The van der Waals surface area contributed by atoms with Crippen molar-refractivity contribution in [1.82, 2.24) is 9.55 Å². The molecule has 2 unspecified atom stereocenters. The third-order valence-electron chi connectivity index (χ3n) is 4.35. The lowest BCUT2D eigenvalue weighted by Crippen LogP contribution is -2.24. The van der Waals surface area contributed by atoms with Gasteiger partial charge in [-0.25, -0.2) is 9.37 Å². The van der Waals surface area contributed by atoms with E-state index < -0.39 is 0 Å². The van der Waals surface area contributed by atoms with E-state index in [4.69, 9.17) is 11.6 Å². The van der Waals surface area contributed by atoms with Crippen LogP contribution in [0.15, 0.2) is 16.6 Å². The largest absolute Gasteiger partial charge is 0.324 e. The molecule has 2 nitrogen and oxygen atoms in total. The van der Waals surface area contributed by atoms with Gasteiger partial charge in [-0.15, -0.1) is 11.6 Å². The van der Waals surface area contributed by atoms with E-state index >= 15 is 0 Å². The Morgan fingerprint density at radius 3 is 2.65 bits per heavy atom. The summed E-state index contributed by atoms with van der Waals surface area (Å²) >= 11 is 9.55. The predicted octanol–water partition coefficient (Wildman–Crippen LogP) is 5.60. The molecule has 0 amide bonds. The van der Waals surface area contributed by atoms with E-state index in [-0.39, 0.29) is 11.2 Å². The fourth-order valence-corrected chi connectivity index (χ4v) is 3.44. The number of halogens is 3. The van der Waals surface area contributed by atoms with Gasteiger partial charge in [-0.05, 0) is 54.6 Å². The molecule has 2 aromatic rings. The quantitative estimate of drug-likeness (QED) is 0.652. The van der Waals surface area contributed by atoms with Gasteiger partial charge in [-0.1, -0.05) is 6.42 Å². The Kier molecular flexibility index (Phi) is 3.80. The highest BCUT2D eigenvalue weighted by atomic mass is 79.9. The number of hydrogen-bond acceptors (Lipinski definition) is 1. The molecule has 0 N–H and O–H groups in total. The molecular formula is C15H17BrClFN2. The summed E-state index contributed by atoms with van der Waals surface area (Å²) in [5.41, 5.74) is 1.64. The number of fused-ring (bicyclic) bond motifs is 1. The Bertz CT molecular complexity index is 649. The maximum Gasteiger partial charge on any atom is 0.139 e. The minimum Gasteiger partial charge on any atom is -0.324 e. The molecule has 0 spiro atoms. The molecule has 108 valence electrons. The van der Waals surface area contributed by atoms with Crippen molar-refractivity contribution < 1.29 is 4.39 Å². The van der Waals surface area contributed by atoms with Crippen LogP contribution in [0.2, 0.25) is 0 Å². The topological polar surface area (TPSA) is 17.8 Å². The fraction of sp³-hybridized carbons (Fsp3) is 0.533. The second-order valence-electron chi connectivity index (χ2n) is 5.64. The molecule has 0 aliphatic heterocycles. The zero-order chi connectivity index (χ0) is 14.4. The molecule has 1 aromatic heterocycles. The Labute approximate surface area is 131 Å². The molecule has 0 bridgehead atoms. The summed E-state index contributed by atoms with van der Waals surface area (Å²) in [4.78, 5) is 4.55. The molecule has 1 aliphatic carbocycles. The normalized spacial score (nSPS) is 19.1. The van der Waals surface area contributed by atoms with Gasteiger partial charge >= 0.3 is 0 Å². The first-order valence-electron chi connectivity index (χ1n) is 7.00. The summed E-state index contributed by atoms with van der Waals surface area (Å²) in [7, 11) is 0. The van der Waals surface area contributed by atoms with E-state index in [1.54, 1.807) is 0 Å². The Balaban J connectivity index is 2.20. The van der Waals surface area contributed by atoms with Crippen LogP contribution >= 0.6 is 27.5 Å². The van der Waals surface area contributed by atoms with Crippen molar-refractivity contribution in [3.63, 3.8) is 0 Å². The number of aromatic nitrogens is 2. The smallest absolute Gasteiger partial charge is 0.139 e. The molecular weight excluding hydrogens is 343 g/mol. The second-order valence-corrected chi connectivity index (χ2v) is 7.15. The van der Waals surface area contributed by atoms with Crippen molar-refractivity contribution in [3.8, 4) is 0 Å². The zero-order valence-electron chi connectivity index (χ0n) is 11.5. The van der Waals surface area contributed by atoms with E-state index in [0.29, 0.717) is 21.9 Å². The predicted molar refractivity (Wildman–Crippen MR) is 83.7 cm³/mol. The summed E-state index contributed by atoms with van der Waals surface area (Å²) in [5.74, 6) is 1.22. The maximum absolute atomic E-state index is 13.7. The lowest BCUT2D eigenvalue weighted by atomic mass is 9.80. The first-order chi connectivity index (χ1) is 9.49. The summed E-state index contributed by atoms with van der Waals surface area (Å²) < 4.78 is 16.4. The summed E-state index contributed by atoms with van der Waals surface area (Å²) in [6.07, 6.45) is 3.80. The van der Waals surface area contributed by atoms with Gasteiger partial charge in [0.25, 0.3) is 0 Å². The zero-order valence-corrected chi connectivity index (χ0v) is 13.9. The highest BCUT2D eigenvalue weighted by molar-refractivity contribution is 9.10. The van der Waals surface area contributed by atoms with Gasteiger partial charge in [0.05, 0.1) is 20.9 Å². The van der Waals surface area contributed by atoms with Gasteiger partial charge in [-0.2, -0.15) is 0 Å². The number of hydrogen-bond donors (Lipinski definition) is 0. The SMILES string of the molecule is CC(Cl)c1nc2cc(F)c(Br)cc2n1C(C)C1CCC1. The van der Waals surface area contributed by atoms with E-state index in [1.165, 1.54) is 25.3 Å². The number of benzene rings is 1. The van der Waals surface area contributed by atoms with E-state index in [2.05, 4.69) is 32.4 Å². The van der Waals surface area contributed by atoms with Gasteiger partial charge in [-0.3, -0.25) is 0 Å². The minimum atomic E-state index is -0.285. The Hall–Kier alpha value is -0.610. The standard InChI is InChI=1S/C15H17BrClFN2/c1-8(17)15-19-13-7-12(18)11(16)6-14(13)20(15)9(2)10-4-3-5-10/h6-10H,3-5H2,1-2H3. The lowest BCUT2D eigenvalue weighted by Gasteiger charge is -2.33. The molecule has 2 atom stereocenters. The van der Waals surface area contributed by atoms with Crippen molar-refractivity contribution >= 4 is 38.6 Å². The molecule has 1 aromatic carbocycles. The van der Waals surface area contributed by atoms with Crippen molar-refractivity contribution in [2.24, 2.45) is 5.92 Å². The minimum absolute atomic E-state index is 0.188. The molecule has 1 saturated carbocycles. The van der Waals surface area contributed by atoms with Crippen LogP contribution in [0.5, 0.6) is 0 Å². The molecule has 1 fully saturated rings. The molecule has 1 heterocycles. The monoisotopic (exact) mass is 358 g/mol. The number of rotatable bonds is 3. The first kappa shape index (κ1) is 14.3. The van der Waals surface area contributed by atoms with Crippen LogP contribution in [0, 0.1) is 11.7 Å². The highest BCUT2D eigenvalue weighted by Gasteiger charge is 2.29. The van der Waals surface area contributed by atoms with Crippen LogP contribution in [-0.2, 0) is 0 Å². The van der Waals surface area contributed by atoms with Crippen LogP contribution in [0.3, 0.4) is 0 Å². The number of imidazole rings is 1. The molecule has 0 saturated heterocycles. The highest BCUT2D eigenvalue weighted by Crippen LogP contribution is 2.40. The molecule has 1 aliphatic rings. The Morgan fingerprint density at radius 2 is 2.10 bits per heavy atom. The van der Waals surface area contributed by atoms with Gasteiger partial charge < -0.3 is 4.57 Å². The third-order valence-corrected chi connectivity index (χ3v) is 5.16. The molecule has 5 heteroatoms. The molecule has 3 rings (SSSR count). The lowest BCUT2D eigenvalue weighted by molar-refractivity contribution is 0.223. The van der Waals surface area contributed by atoms with Crippen molar-refractivity contribution in [2.45, 2.75) is 44.5 Å². The van der Waals surface area contributed by atoms with Crippen LogP contribution in [0.1, 0.15) is 50.4 Å². The number of nitrogens with zero attached hydrogens (tertiary/aromatic N) is 2. The number of alkyl halides is 1. The summed E-state index contributed by atoms with van der Waals surface area (Å²) in [5, 5.41) is -0.188. The maximum atomic E-state index is 13.7. The van der Waals surface area contributed by atoms with Crippen LogP contribution < -0.4 is 0 Å².